The zero-order valence-electron chi connectivity index (χ0n) is 10.7. The molecule has 98 valence electrons. The first-order valence-electron chi connectivity index (χ1n) is 6.51. The van der Waals surface area contributed by atoms with Gasteiger partial charge in [0.1, 0.15) is 0 Å². The molecule has 0 amide bonds. The first-order valence-corrected chi connectivity index (χ1v) is 6.51. The Morgan fingerprint density at radius 2 is 2.22 bits per heavy atom. The maximum absolute atomic E-state index is 9.76. The summed E-state index contributed by atoms with van der Waals surface area (Å²) < 4.78 is 0. The third-order valence-corrected chi connectivity index (χ3v) is 3.52. The number of rotatable bonds is 2. The van der Waals surface area contributed by atoms with E-state index in [-0.39, 0.29) is 5.92 Å². The van der Waals surface area contributed by atoms with Crippen LogP contribution in [0.4, 0.5) is 0 Å². The first kappa shape index (κ1) is 13.0. The third-order valence-electron chi connectivity index (χ3n) is 3.52. The van der Waals surface area contributed by atoms with Crippen molar-refractivity contribution in [3.05, 3.63) is 30.1 Å². The smallest absolute Gasteiger partial charge is 0.306 e. The summed E-state index contributed by atoms with van der Waals surface area (Å²) in [5.41, 5.74) is 1.36. The number of pyridine rings is 1. The topological polar surface area (TPSA) is 53.4 Å². The van der Waals surface area contributed by atoms with E-state index in [0.717, 1.165) is 12.8 Å². The number of aromatic nitrogens is 1. The van der Waals surface area contributed by atoms with Gasteiger partial charge in [0.25, 0.3) is 0 Å². The van der Waals surface area contributed by atoms with Crippen LogP contribution < -0.4 is 0 Å². The van der Waals surface area contributed by atoms with E-state index >= 15 is 0 Å². The van der Waals surface area contributed by atoms with Gasteiger partial charge in [0.15, 0.2) is 0 Å². The lowest BCUT2D eigenvalue weighted by atomic mass is 10.1. The summed E-state index contributed by atoms with van der Waals surface area (Å²) in [7, 11) is 2.19. The van der Waals surface area contributed by atoms with E-state index in [1.54, 1.807) is 0 Å². The van der Waals surface area contributed by atoms with Crippen molar-refractivity contribution >= 4 is 5.97 Å². The van der Waals surface area contributed by atoms with Crippen LogP contribution in [0.5, 0.6) is 0 Å². The Balaban J connectivity index is 0.000000169. The molecule has 1 aliphatic carbocycles. The second-order valence-corrected chi connectivity index (χ2v) is 5.04. The number of likely N-dealkylation sites (tertiary alicyclic amines) is 1. The van der Waals surface area contributed by atoms with E-state index in [1.165, 1.54) is 24.9 Å². The SMILES string of the molecule is CN1CCCC1c1cccnc1.O=C(O)C1CC1. The molecule has 1 aromatic rings. The largest absolute Gasteiger partial charge is 0.481 e. The predicted molar refractivity (Wildman–Crippen MR) is 69.2 cm³/mol. The Morgan fingerprint density at radius 3 is 2.61 bits per heavy atom. The summed E-state index contributed by atoms with van der Waals surface area (Å²) >= 11 is 0. The van der Waals surface area contributed by atoms with E-state index in [0.29, 0.717) is 6.04 Å². The molecule has 2 aliphatic rings. The normalized spacial score (nSPS) is 23.3. The number of carboxylic acids is 1. The van der Waals surface area contributed by atoms with Crippen molar-refractivity contribution < 1.29 is 9.90 Å². The van der Waals surface area contributed by atoms with Gasteiger partial charge in [-0.1, -0.05) is 6.07 Å². The number of carbonyl (C=O) groups is 1. The van der Waals surface area contributed by atoms with Gasteiger partial charge >= 0.3 is 5.97 Å². The molecular formula is C14H20N2O2. The quantitative estimate of drug-likeness (QED) is 0.872. The van der Waals surface area contributed by atoms with Crippen LogP contribution in [0.25, 0.3) is 0 Å². The number of aliphatic carboxylic acids is 1. The lowest BCUT2D eigenvalue weighted by Crippen LogP contribution is -2.17. The summed E-state index contributed by atoms with van der Waals surface area (Å²) in [6.45, 7) is 1.22. The van der Waals surface area contributed by atoms with Crippen LogP contribution in [0.15, 0.2) is 24.5 Å². The van der Waals surface area contributed by atoms with Gasteiger partial charge in [-0.25, -0.2) is 0 Å². The molecular weight excluding hydrogens is 228 g/mol. The molecule has 4 heteroatoms. The molecule has 18 heavy (non-hydrogen) atoms. The van der Waals surface area contributed by atoms with Gasteiger partial charge in [-0.15, -0.1) is 0 Å². The highest BCUT2D eigenvalue weighted by molar-refractivity contribution is 5.72. The molecule has 0 spiro atoms. The minimum atomic E-state index is -0.630. The molecule has 1 saturated heterocycles. The molecule has 1 saturated carbocycles. The van der Waals surface area contributed by atoms with Crippen molar-refractivity contribution in [2.75, 3.05) is 13.6 Å². The monoisotopic (exact) mass is 248 g/mol. The minimum absolute atomic E-state index is 0.0185. The highest BCUT2D eigenvalue weighted by Gasteiger charge is 2.28. The van der Waals surface area contributed by atoms with Crippen molar-refractivity contribution in [3.8, 4) is 0 Å². The van der Waals surface area contributed by atoms with Gasteiger partial charge in [0.05, 0.1) is 5.92 Å². The highest BCUT2D eigenvalue weighted by atomic mass is 16.4. The molecule has 0 bridgehead atoms. The van der Waals surface area contributed by atoms with E-state index in [2.05, 4.69) is 23.0 Å². The Kier molecular flexibility index (Phi) is 4.31. The minimum Gasteiger partial charge on any atom is -0.481 e. The zero-order valence-corrected chi connectivity index (χ0v) is 10.7. The molecule has 1 unspecified atom stereocenters. The fraction of sp³-hybridized carbons (Fsp3) is 0.571. The number of carboxylic acid groups (broad SMARTS) is 1. The molecule has 2 heterocycles. The Hall–Kier alpha value is -1.42. The van der Waals surface area contributed by atoms with Crippen LogP contribution in [0.1, 0.15) is 37.3 Å². The lowest BCUT2D eigenvalue weighted by Gasteiger charge is -2.18. The third kappa shape index (κ3) is 3.53. The fourth-order valence-electron chi connectivity index (χ4n) is 2.23. The van der Waals surface area contributed by atoms with E-state index in [4.69, 9.17) is 5.11 Å². The summed E-state index contributed by atoms with van der Waals surface area (Å²) in [5.74, 6) is -0.611. The first-order chi connectivity index (χ1) is 8.68. The zero-order chi connectivity index (χ0) is 13.0. The van der Waals surface area contributed by atoms with Gasteiger partial charge in [0.2, 0.25) is 0 Å². The maximum Gasteiger partial charge on any atom is 0.306 e. The van der Waals surface area contributed by atoms with Gasteiger partial charge < -0.3 is 5.11 Å². The number of nitrogens with zero attached hydrogens (tertiary/aromatic N) is 2. The van der Waals surface area contributed by atoms with Crippen molar-refractivity contribution in [1.29, 1.82) is 0 Å². The molecule has 0 radical (unpaired) electrons. The number of hydrogen-bond donors (Lipinski definition) is 1. The molecule has 1 N–H and O–H groups in total. The van der Waals surface area contributed by atoms with Crippen LogP contribution in [-0.2, 0) is 4.79 Å². The molecule has 1 atom stereocenters. The van der Waals surface area contributed by atoms with Crippen molar-refractivity contribution in [3.63, 3.8) is 0 Å². The Labute approximate surface area is 108 Å². The van der Waals surface area contributed by atoms with Crippen LogP contribution in [0.3, 0.4) is 0 Å². The Morgan fingerprint density at radius 1 is 1.44 bits per heavy atom. The molecule has 1 aliphatic heterocycles. The fourth-order valence-corrected chi connectivity index (χ4v) is 2.23. The van der Waals surface area contributed by atoms with Crippen LogP contribution in [-0.4, -0.2) is 34.6 Å². The van der Waals surface area contributed by atoms with Gasteiger partial charge in [-0.2, -0.15) is 0 Å². The second-order valence-electron chi connectivity index (χ2n) is 5.04. The average molecular weight is 248 g/mol. The van der Waals surface area contributed by atoms with E-state index < -0.39 is 5.97 Å². The van der Waals surface area contributed by atoms with Crippen molar-refractivity contribution in [1.82, 2.24) is 9.88 Å². The molecule has 0 aromatic carbocycles. The molecule has 1 aromatic heterocycles. The van der Waals surface area contributed by atoms with Crippen LogP contribution >= 0.6 is 0 Å². The van der Waals surface area contributed by atoms with Crippen molar-refractivity contribution in [2.24, 2.45) is 5.92 Å². The summed E-state index contributed by atoms with van der Waals surface area (Å²) in [6, 6.07) is 4.79. The van der Waals surface area contributed by atoms with Gasteiger partial charge in [-0.3, -0.25) is 14.7 Å². The molecule has 3 rings (SSSR count). The summed E-state index contributed by atoms with van der Waals surface area (Å²) in [5, 5.41) is 8.05. The summed E-state index contributed by atoms with van der Waals surface area (Å²) in [4.78, 5) is 16.3. The second kappa shape index (κ2) is 5.96. The van der Waals surface area contributed by atoms with Crippen LogP contribution in [0, 0.1) is 5.92 Å². The maximum atomic E-state index is 9.76. The summed E-state index contributed by atoms with van der Waals surface area (Å²) in [6.07, 6.45) is 8.20. The predicted octanol–water partition coefficient (Wildman–Crippen LogP) is 2.33. The number of hydrogen-bond acceptors (Lipinski definition) is 3. The average Bonchev–Trinajstić information content (AvgIpc) is 3.14. The standard InChI is InChI=1S/C10H14N2.C4H6O2/c1-12-7-3-5-10(12)9-4-2-6-11-8-9;5-4(6)3-1-2-3/h2,4,6,8,10H,3,5,7H2,1H3;3H,1-2H2,(H,5,6). The molecule has 4 nitrogen and oxygen atoms in total. The van der Waals surface area contributed by atoms with Gasteiger partial charge in [-0.05, 0) is 50.9 Å². The van der Waals surface area contributed by atoms with E-state index in [1.807, 2.05) is 18.5 Å². The van der Waals surface area contributed by atoms with Crippen molar-refractivity contribution in [2.45, 2.75) is 31.7 Å². The Bertz CT molecular complexity index is 390. The highest BCUT2D eigenvalue weighted by Crippen LogP contribution is 2.29. The van der Waals surface area contributed by atoms with E-state index in [9.17, 15) is 4.79 Å². The lowest BCUT2D eigenvalue weighted by molar-refractivity contribution is -0.138. The van der Waals surface area contributed by atoms with Crippen LogP contribution in [0.2, 0.25) is 0 Å². The molecule has 2 fully saturated rings. The van der Waals surface area contributed by atoms with Gasteiger partial charge in [0, 0.05) is 18.4 Å².